The lowest BCUT2D eigenvalue weighted by Gasteiger charge is -2.23. The van der Waals surface area contributed by atoms with E-state index in [1.54, 1.807) is 20.8 Å². The maximum Gasteiger partial charge on any atom is 0.408 e. The van der Waals surface area contributed by atoms with Gasteiger partial charge in [-0.05, 0) is 53.7 Å². The average Bonchev–Trinajstić information content (AvgIpc) is 2.66. The molecule has 0 aromatic carbocycles. The largest absolute Gasteiger partial charge is 0.477 e. The monoisotopic (exact) mass is 451 g/mol. The first-order valence-corrected chi connectivity index (χ1v) is 9.81. The second-order valence-electron chi connectivity index (χ2n) is 8.03. The molecule has 0 saturated carbocycles. The maximum absolute atomic E-state index is 12.3. The molecule has 1 aromatic heterocycles. The molecule has 0 fully saturated rings. The third kappa shape index (κ3) is 8.98. The minimum Gasteiger partial charge on any atom is -0.477 e. The number of rotatable bonds is 8. The van der Waals surface area contributed by atoms with E-state index in [1.165, 1.54) is 39.0 Å². The van der Waals surface area contributed by atoms with Gasteiger partial charge in [-0.3, -0.25) is 14.4 Å². The van der Waals surface area contributed by atoms with Gasteiger partial charge in [0.25, 0.3) is 0 Å². The molecule has 1 aromatic rings. The molecule has 32 heavy (non-hydrogen) atoms. The molecule has 0 spiro atoms. The molecule has 0 unspecified atom stereocenters. The van der Waals surface area contributed by atoms with Gasteiger partial charge in [0.05, 0.1) is 0 Å². The summed E-state index contributed by atoms with van der Waals surface area (Å²) < 4.78 is 5.07. The molecule has 176 valence electrons. The van der Waals surface area contributed by atoms with Gasteiger partial charge in [0.15, 0.2) is 5.69 Å². The van der Waals surface area contributed by atoms with Crippen LogP contribution in [0.15, 0.2) is 18.2 Å². The Morgan fingerprint density at radius 2 is 1.38 bits per heavy atom. The van der Waals surface area contributed by atoms with E-state index in [1.807, 2.05) is 0 Å². The van der Waals surface area contributed by atoms with Crippen molar-refractivity contribution in [1.82, 2.24) is 20.9 Å². The summed E-state index contributed by atoms with van der Waals surface area (Å²) in [6.07, 6.45) is -0.775. The fourth-order valence-corrected chi connectivity index (χ4v) is 2.22. The van der Waals surface area contributed by atoms with Crippen LogP contribution in [0.25, 0.3) is 0 Å². The van der Waals surface area contributed by atoms with E-state index in [-0.39, 0.29) is 11.5 Å². The van der Waals surface area contributed by atoms with Crippen LogP contribution in [0, 0.1) is 0 Å². The van der Waals surface area contributed by atoms with Crippen molar-refractivity contribution in [2.75, 3.05) is 5.32 Å². The zero-order valence-corrected chi connectivity index (χ0v) is 18.8. The van der Waals surface area contributed by atoms with Gasteiger partial charge >= 0.3 is 12.1 Å². The number of aromatic nitrogens is 1. The van der Waals surface area contributed by atoms with Crippen molar-refractivity contribution >= 4 is 35.6 Å². The van der Waals surface area contributed by atoms with Gasteiger partial charge in [0, 0.05) is 0 Å². The summed E-state index contributed by atoms with van der Waals surface area (Å²) in [5, 5.41) is 18.6. The molecule has 12 nitrogen and oxygen atoms in total. The van der Waals surface area contributed by atoms with Gasteiger partial charge in [-0.15, -0.1) is 0 Å². The van der Waals surface area contributed by atoms with Crippen LogP contribution < -0.4 is 21.3 Å². The summed E-state index contributed by atoms with van der Waals surface area (Å²) in [5.41, 5.74) is -0.973. The van der Waals surface area contributed by atoms with Crippen LogP contribution in [-0.4, -0.2) is 63.6 Å². The molecule has 0 bridgehead atoms. The van der Waals surface area contributed by atoms with Gasteiger partial charge in [-0.25, -0.2) is 14.6 Å². The predicted molar refractivity (Wildman–Crippen MR) is 114 cm³/mol. The van der Waals surface area contributed by atoms with E-state index in [9.17, 15) is 24.0 Å². The minimum atomic E-state index is -1.25. The van der Waals surface area contributed by atoms with Crippen molar-refractivity contribution in [3.63, 3.8) is 0 Å². The first kappa shape index (κ1) is 26.3. The van der Waals surface area contributed by atoms with Crippen LogP contribution in [-0.2, 0) is 19.1 Å². The number of carbonyl (C=O) groups excluding carboxylic acids is 4. The first-order chi connectivity index (χ1) is 14.7. The highest BCUT2D eigenvalue weighted by molar-refractivity contribution is 5.98. The first-order valence-electron chi connectivity index (χ1n) is 9.81. The number of carboxylic acid groups (broad SMARTS) is 1. The quantitative estimate of drug-likeness (QED) is 0.382. The summed E-state index contributed by atoms with van der Waals surface area (Å²) in [4.78, 5) is 63.2. The number of hydrogen-bond acceptors (Lipinski definition) is 7. The summed E-state index contributed by atoms with van der Waals surface area (Å²) in [7, 11) is 0. The van der Waals surface area contributed by atoms with E-state index in [2.05, 4.69) is 26.3 Å². The Kier molecular flexibility index (Phi) is 9.11. The van der Waals surface area contributed by atoms with Gasteiger partial charge in [-0.2, -0.15) is 0 Å². The van der Waals surface area contributed by atoms with Gasteiger partial charge < -0.3 is 31.1 Å². The third-order valence-corrected chi connectivity index (χ3v) is 3.85. The number of nitrogens with one attached hydrogen (secondary N) is 4. The Balaban J connectivity index is 2.57. The highest BCUT2D eigenvalue weighted by Crippen LogP contribution is 2.07. The van der Waals surface area contributed by atoms with E-state index >= 15 is 0 Å². The topological polar surface area (TPSA) is 176 Å². The second-order valence-corrected chi connectivity index (χ2v) is 8.03. The van der Waals surface area contributed by atoms with E-state index in [4.69, 9.17) is 9.84 Å². The van der Waals surface area contributed by atoms with Crippen LogP contribution >= 0.6 is 0 Å². The Morgan fingerprint density at radius 3 is 1.88 bits per heavy atom. The minimum absolute atomic E-state index is 0.0133. The van der Waals surface area contributed by atoms with Crippen LogP contribution in [0.5, 0.6) is 0 Å². The van der Waals surface area contributed by atoms with Crippen molar-refractivity contribution in [3.05, 3.63) is 23.9 Å². The van der Waals surface area contributed by atoms with Crippen LogP contribution in [0.4, 0.5) is 10.6 Å². The summed E-state index contributed by atoms with van der Waals surface area (Å²) in [6, 6.07) is 1.11. The molecule has 12 heteroatoms. The Morgan fingerprint density at radius 1 is 0.875 bits per heavy atom. The number of alkyl carbamates (subject to hydrolysis) is 1. The van der Waals surface area contributed by atoms with Gasteiger partial charge in [0.2, 0.25) is 17.7 Å². The highest BCUT2D eigenvalue weighted by Gasteiger charge is 2.25. The second kappa shape index (κ2) is 11.1. The SMILES string of the molecule is C[C@H](NC(=O)OC(C)(C)C)C(=O)N[C@H](C)C(=O)N[C@@H](C)C(=O)Nc1cccc(C(=O)O)n1. The third-order valence-electron chi connectivity index (χ3n) is 3.85. The standard InChI is InChI=1S/C20H29N5O7/c1-10(21-16(27)12(3)23-19(31)32-20(4,5)6)15(26)22-11(2)17(28)25-14-9-7-8-13(24-14)18(29)30/h7-12H,1-6H3,(H,21,27)(H,22,26)(H,23,31)(H,29,30)(H,24,25,28)/t10-,11+,12+/m1/s1. The van der Waals surface area contributed by atoms with Crippen molar-refractivity contribution in [1.29, 1.82) is 0 Å². The molecule has 1 heterocycles. The normalized spacial score (nSPS) is 13.7. The fourth-order valence-electron chi connectivity index (χ4n) is 2.22. The number of hydrogen-bond donors (Lipinski definition) is 5. The molecule has 0 saturated heterocycles. The lowest BCUT2D eigenvalue weighted by molar-refractivity contribution is -0.131. The van der Waals surface area contributed by atoms with E-state index < -0.39 is 53.5 Å². The number of ether oxygens (including phenoxy) is 1. The zero-order chi connectivity index (χ0) is 24.6. The number of carbonyl (C=O) groups is 5. The lowest BCUT2D eigenvalue weighted by atomic mass is 10.2. The number of anilines is 1. The fraction of sp³-hybridized carbons (Fsp3) is 0.500. The summed E-state index contributed by atoms with van der Waals surface area (Å²) >= 11 is 0. The summed E-state index contributed by atoms with van der Waals surface area (Å²) in [6.45, 7) is 9.30. The van der Waals surface area contributed by atoms with E-state index in [0.29, 0.717) is 0 Å². The Bertz CT molecular complexity index is 881. The number of pyridine rings is 1. The average molecular weight is 451 g/mol. The molecule has 1 rings (SSSR count). The zero-order valence-electron chi connectivity index (χ0n) is 18.8. The van der Waals surface area contributed by atoms with Crippen molar-refractivity contribution in [2.45, 2.75) is 65.3 Å². The number of aromatic carboxylic acids is 1. The Labute approximate surface area is 185 Å². The predicted octanol–water partition coefficient (Wildman–Crippen LogP) is 0.641. The van der Waals surface area contributed by atoms with Gasteiger partial charge in [0.1, 0.15) is 29.5 Å². The number of nitrogens with zero attached hydrogens (tertiary/aromatic N) is 1. The molecule has 0 aliphatic heterocycles. The van der Waals surface area contributed by atoms with Gasteiger partial charge in [-0.1, -0.05) is 6.07 Å². The molecule has 0 aliphatic carbocycles. The van der Waals surface area contributed by atoms with Crippen LogP contribution in [0.3, 0.4) is 0 Å². The Hall–Kier alpha value is -3.70. The molecule has 3 atom stereocenters. The van der Waals surface area contributed by atoms with Crippen LogP contribution in [0.2, 0.25) is 0 Å². The van der Waals surface area contributed by atoms with E-state index in [0.717, 1.165) is 0 Å². The molecular formula is C20H29N5O7. The summed E-state index contributed by atoms with van der Waals surface area (Å²) in [5.74, 6) is -3.13. The van der Waals surface area contributed by atoms with Crippen molar-refractivity contribution in [3.8, 4) is 0 Å². The molecule has 5 N–H and O–H groups in total. The molecule has 0 radical (unpaired) electrons. The highest BCUT2D eigenvalue weighted by atomic mass is 16.6. The smallest absolute Gasteiger partial charge is 0.408 e. The number of carboxylic acids is 1. The number of amides is 4. The maximum atomic E-state index is 12.3. The van der Waals surface area contributed by atoms with Crippen molar-refractivity contribution in [2.24, 2.45) is 0 Å². The molecule has 0 aliphatic rings. The van der Waals surface area contributed by atoms with Crippen molar-refractivity contribution < 1.29 is 33.8 Å². The van der Waals surface area contributed by atoms with Crippen LogP contribution in [0.1, 0.15) is 52.0 Å². The molecule has 4 amide bonds. The lowest BCUT2D eigenvalue weighted by Crippen LogP contribution is -2.54. The molecular weight excluding hydrogens is 422 g/mol.